The molecule has 0 fully saturated rings. The topological polar surface area (TPSA) is 49.3 Å². The number of hydrogen-bond acceptors (Lipinski definition) is 2. The number of hydrogen-bond donors (Lipinski definition) is 2. The summed E-state index contributed by atoms with van der Waals surface area (Å²) in [7, 11) is 0. The fourth-order valence-electron chi connectivity index (χ4n) is 1.44. The van der Waals surface area contributed by atoms with Gasteiger partial charge in [0, 0.05) is 12.2 Å². The summed E-state index contributed by atoms with van der Waals surface area (Å²) in [5.74, 6) is -0.234. The third-order valence-corrected chi connectivity index (χ3v) is 2.52. The van der Waals surface area contributed by atoms with E-state index in [1.807, 2.05) is 13.0 Å². The van der Waals surface area contributed by atoms with Crippen LogP contribution in [0.2, 0.25) is 0 Å². The van der Waals surface area contributed by atoms with Crippen LogP contribution in [-0.4, -0.2) is 17.6 Å². The van der Waals surface area contributed by atoms with Gasteiger partial charge >= 0.3 is 5.97 Å². The minimum absolute atomic E-state index is 0.331. The van der Waals surface area contributed by atoms with Crippen LogP contribution in [-0.2, 0) is 0 Å². The van der Waals surface area contributed by atoms with Crippen LogP contribution in [0, 0.1) is 12.8 Å². The van der Waals surface area contributed by atoms with Crippen molar-refractivity contribution in [2.24, 2.45) is 5.92 Å². The molecule has 0 aromatic heterocycles. The van der Waals surface area contributed by atoms with E-state index in [4.69, 9.17) is 5.11 Å². The molecule has 0 aliphatic heterocycles. The third kappa shape index (κ3) is 3.57. The molecule has 0 saturated carbocycles. The highest BCUT2D eigenvalue weighted by Gasteiger charge is 2.05. The zero-order valence-corrected chi connectivity index (χ0v) is 10.1. The van der Waals surface area contributed by atoms with Crippen LogP contribution in [0.5, 0.6) is 0 Å². The fraction of sp³-hybridized carbons (Fsp3) is 0.462. The molecule has 0 heterocycles. The van der Waals surface area contributed by atoms with E-state index in [0.717, 1.165) is 24.2 Å². The Kier molecular flexibility index (Phi) is 4.35. The van der Waals surface area contributed by atoms with Crippen molar-refractivity contribution < 1.29 is 9.90 Å². The predicted octanol–water partition coefficient (Wildman–Crippen LogP) is 3.15. The van der Waals surface area contributed by atoms with Crippen molar-refractivity contribution in [2.45, 2.75) is 27.2 Å². The number of carboxylic acids is 1. The summed E-state index contributed by atoms with van der Waals surface area (Å²) in [5.41, 5.74) is 2.33. The average Bonchev–Trinajstić information content (AvgIpc) is 2.20. The summed E-state index contributed by atoms with van der Waals surface area (Å²) in [6.45, 7) is 7.19. The summed E-state index contributed by atoms with van der Waals surface area (Å²) in [5, 5.41) is 12.2. The minimum Gasteiger partial charge on any atom is -0.478 e. The molecule has 0 aliphatic carbocycles. The van der Waals surface area contributed by atoms with Gasteiger partial charge in [0.2, 0.25) is 0 Å². The van der Waals surface area contributed by atoms with Crippen molar-refractivity contribution in [1.29, 1.82) is 0 Å². The van der Waals surface area contributed by atoms with Gasteiger partial charge in [-0.3, -0.25) is 0 Å². The Balaban J connectivity index is 2.70. The first-order chi connectivity index (χ1) is 7.50. The Morgan fingerprint density at radius 1 is 1.44 bits per heavy atom. The van der Waals surface area contributed by atoms with Crippen LogP contribution >= 0.6 is 0 Å². The molecule has 0 saturated heterocycles. The van der Waals surface area contributed by atoms with Crippen molar-refractivity contribution in [3.8, 4) is 0 Å². The molecular formula is C13H19NO2. The lowest BCUT2D eigenvalue weighted by atomic mass is 10.1. The van der Waals surface area contributed by atoms with E-state index in [2.05, 4.69) is 19.2 Å². The maximum Gasteiger partial charge on any atom is 0.335 e. The largest absolute Gasteiger partial charge is 0.478 e. The summed E-state index contributed by atoms with van der Waals surface area (Å²) in [4.78, 5) is 10.8. The van der Waals surface area contributed by atoms with Crippen LogP contribution in [0.3, 0.4) is 0 Å². The Labute approximate surface area is 96.5 Å². The van der Waals surface area contributed by atoms with E-state index in [1.165, 1.54) is 0 Å². The first-order valence-corrected chi connectivity index (χ1v) is 5.58. The first kappa shape index (κ1) is 12.6. The molecule has 3 nitrogen and oxygen atoms in total. The average molecular weight is 221 g/mol. The molecule has 0 atom stereocenters. The second kappa shape index (κ2) is 5.54. The Bertz CT molecular complexity index is 372. The number of benzene rings is 1. The lowest BCUT2D eigenvalue weighted by Gasteiger charge is -2.11. The highest BCUT2D eigenvalue weighted by atomic mass is 16.4. The minimum atomic E-state index is -0.882. The van der Waals surface area contributed by atoms with E-state index in [9.17, 15) is 4.79 Å². The number of nitrogens with one attached hydrogen (secondary N) is 1. The monoisotopic (exact) mass is 221 g/mol. The lowest BCUT2D eigenvalue weighted by molar-refractivity contribution is 0.0697. The maximum atomic E-state index is 10.8. The second-order valence-electron chi connectivity index (χ2n) is 4.44. The SMILES string of the molecule is Cc1ccc(C(=O)O)cc1NCCC(C)C. The fourth-order valence-corrected chi connectivity index (χ4v) is 1.44. The van der Waals surface area contributed by atoms with Gasteiger partial charge in [-0.25, -0.2) is 4.79 Å². The Morgan fingerprint density at radius 2 is 2.12 bits per heavy atom. The second-order valence-corrected chi connectivity index (χ2v) is 4.44. The van der Waals surface area contributed by atoms with Crippen molar-refractivity contribution >= 4 is 11.7 Å². The van der Waals surface area contributed by atoms with Crippen molar-refractivity contribution in [2.75, 3.05) is 11.9 Å². The Hall–Kier alpha value is -1.51. The molecule has 1 rings (SSSR count). The van der Waals surface area contributed by atoms with Gasteiger partial charge in [0.25, 0.3) is 0 Å². The van der Waals surface area contributed by atoms with Crippen LogP contribution < -0.4 is 5.32 Å². The summed E-state index contributed by atoms with van der Waals surface area (Å²) in [6.07, 6.45) is 1.08. The molecule has 88 valence electrons. The molecule has 0 amide bonds. The number of rotatable bonds is 5. The molecule has 1 aromatic rings. The summed E-state index contributed by atoms with van der Waals surface area (Å²) >= 11 is 0. The van der Waals surface area contributed by atoms with Crippen molar-refractivity contribution in [3.05, 3.63) is 29.3 Å². The third-order valence-electron chi connectivity index (χ3n) is 2.52. The number of anilines is 1. The predicted molar refractivity (Wildman–Crippen MR) is 66.1 cm³/mol. The number of carboxylic acid groups (broad SMARTS) is 1. The molecule has 0 aliphatic rings. The zero-order chi connectivity index (χ0) is 12.1. The molecule has 16 heavy (non-hydrogen) atoms. The molecule has 0 bridgehead atoms. The smallest absolute Gasteiger partial charge is 0.335 e. The van der Waals surface area contributed by atoms with Gasteiger partial charge in [0.15, 0.2) is 0 Å². The van der Waals surface area contributed by atoms with Gasteiger partial charge in [-0.05, 0) is 37.0 Å². The standard InChI is InChI=1S/C13H19NO2/c1-9(2)6-7-14-12-8-11(13(15)16)5-4-10(12)3/h4-5,8-9,14H,6-7H2,1-3H3,(H,15,16). The quantitative estimate of drug-likeness (QED) is 0.803. The molecule has 3 heteroatoms. The molecule has 0 spiro atoms. The summed E-state index contributed by atoms with van der Waals surface area (Å²) in [6, 6.07) is 5.16. The van der Waals surface area contributed by atoms with Crippen LogP contribution in [0.1, 0.15) is 36.2 Å². The molecule has 2 N–H and O–H groups in total. The number of carbonyl (C=O) groups is 1. The van der Waals surface area contributed by atoms with Gasteiger partial charge in [-0.1, -0.05) is 19.9 Å². The van der Waals surface area contributed by atoms with Gasteiger partial charge in [0.1, 0.15) is 0 Å². The molecular weight excluding hydrogens is 202 g/mol. The van der Waals surface area contributed by atoms with Crippen molar-refractivity contribution in [3.63, 3.8) is 0 Å². The molecule has 0 radical (unpaired) electrons. The highest BCUT2D eigenvalue weighted by Crippen LogP contribution is 2.17. The summed E-state index contributed by atoms with van der Waals surface area (Å²) < 4.78 is 0. The van der Waals surface area contributed by atoms with Crippen LogP contribution in [0.4, 0.5) is 5.69 Å². The van der Waals surface area contributed by atoms with Crippen LogP contribution in [0.25, 0.3) is 0 Å². The Morgan fingerprint density at radius 3 is 2.69 bits per heavy atom. The van der Waals surface area contributed by atoms with E-state index in [0.29, 0.717) is 11.5 Å². The maximum absolute atomic E-state index is 10.8. The molecule has 1 aromatic carbocycles. The normalized spacial score (nSPS) is 10.5. The van der Waals surface area contributed by atoms with Crippen molar-refractivity contribution in [1.82, 2.24) is 0 Å². The van der Waals surface area contributed by atoms with E-state index < -0.39 is 5.97 Å². The number of aromatic carboxylic acids is 1. The van der Waals surface area contributed by atoms with Gasteiger partial charge in [-0.15, -0.1) is 0 Å². The van der Waals surface area contributed by atoms with Gasteiger partial charge in [-0.2, -0.15) is 0 Å². The highest BCUT2D eigenvalue weighted by molar-refractivity contribution is 5.89. The van der Waals surface area contributed by atoms with E-state index >= 15 is 0 Å². The lowest BCUT2D eigenvalue weighted by Crippen LogP contribution is -2.07. The van der Waals surface area contributed by atoms with E-state index in [-0.39, 0.29) is 0 Å². The van der Waals surface area contributed by atoms with Gasteiger partial charge in [0.05, 0.1) is 5.56 Å². The number of aryl methyl sites for hydroxylation is 1. The molecule has 0 unspecified atom stereocenters. The first-order valence-electron chi connectivity index (χ1n) is 5.58. The van der Waals surface area contributed by atoms with Gasteiger partial charge < -0.3 is 10.4 Å². The zero-order valence-electron chi connectivity index (χ0n) is 10.1. The van der Waals surface area contributed by atoms with Crippen LogP contribution in [0.15, 0.2) is 18.2 Å². The van der Waals surface area contributed by atoms with E-state index in [1.54, 1.807) is 12.1 Å².